The van der Waals surface area contributed by atoms with Crippen LogP contribution in [0, 0.1) is 11.3 Å². The Hall–Kier alpha value is -2.99. The molecule has 0 fully saturated rings. The van der Waals surface area contributed by atoms with Crippen molar-refractivity contribution in [2.24, 2.45) is 0 Å². The van der Waals surface area contributed by atoms with E-state index >= 15 is 0 Å². The van der Waals surface area contributed by atoms with Crippen LogP contribution in [-0.4, -0.2) is 19.2 Å². The molecule has 0 bridgehead atoms. The van der Waals surface area contributed by atoms with Crippen molar-refractivity contribution in [1.29, 1.82) is 5.26 Å². The van der Waals surface area contributed by atoms with E-state index in [9.17, 15) is 21.6 Å². The second-order valence-electron chi connectivity index (χ2n) is 6.85. The SMILES string of the molecule is CCS(=O)(=O)Nc1cccc2c(C(CCC#N)c3ccc(C(F)(F)F)cc3)c[nH]c12. The fraction of sp³-hybridized carbons (Fsp3) is 0.286. The molecule has 158 valence electrons. The summed E-state index contributed by atoms with van der Waals surface area (Å²) in [4.78, 5) is 3.08. The van der Waals surface area contributed by atoms with E-state index in [1.54, 1.807) is 18.3 Å². The maximum atomic E-state index is 12.9. The van der Waals surface area contributed by atoms with E-state index in [1.807, 2.05) is 6.07 Å². The molecule has 9 heteroatoms. The topological polar surface area (TPSA) is 85.8 Å². The summed E-state index contributed by atoms with van der Waals surface area (Å²) in [6, 6.07) is 12.2. The third kappa shape index (κ3) is 4.60. The fourth-order valence-electron chi connectivity index (χ4n) is 3.40. The van der Waals surface area contributed by atoms with Crippen LogP contribution in [0.25, 0.3) is 10.9 Å². The van der Waals surface area contributed by atoms with Gasteiger partial charge in [-0.1, -0.05) is 24.3 Å². The molecule has 0 saturated carbocycles. The molecule has 30 heavy (non-hydrogen) atoms. The number of alkyl halides is 3. The molecule has 2 N–H and O–H groups in total. The van der Waals surface area contributed by atoms with Crippen molar-refractivity contribution in [2.75, 3.05) is 10.5 Å². The largest absolute Gasteiger partial charge is 0.416 e. The van der Waals surface area contributed by atoms with Gasteiger partial charge in [-0.3, -0.25) is 4.72 Å². The summed E-state index contributed by atoms with van der Waals surface area (Å²) < 4.78 is 65.2. The zero-order chi connectivity index (χ0) is 21.9. The van der Waals surface area contributed by atoms with Crippen LogP contribution >= 0.6 is 0 Å². The first-order valence-electron chi connectivity index (χ1n) is 9.31. The van der Waals surface area contributed by atoms with Gasteiger partial charge in [0.1, 0.15) is 0 Å². The number of aromatic nitrogens is 1. The van der Waals surface area contributed by atoms with Crippen molar-refractivity contribution in [3.8, 4) is 6.07 Å². The van der Waals surface area contributed by atoms with Crippen molar-refractivity contribution in [2.45, 2.75) is 31.9 Å². The van der Waals surface area contributed by atoms with Crippen molar-refractivity contribution < 1.29 is 21.6 Å². The number of benzene rings is 2. The molecule has 0 spiro atoms. The fourth-order valence-corrected chi connectivity index (χ4v) is 4.05. The van der Waals surface area contributed by atoms with Crippen molar-refractivity contribution in [1.82, 2.24) is 4.98 Å². The van der Waals surface area contributed by atoms with Gasteiger partial charge < -0.3 is 4.98 Å². The van der Waals surface area contributed by atoms with Crippen LogP contribution in [-0.2, 0) is 16.2 Å². The second-order valence-corrected chi connectivity index (χ2v) is 8.86. The monoisotopic (exact) mass is 435 g/mol. The van der Waals surface area contributed by atoms with Crippen LogP contribution in [0.4, 0.5) is 18.9 Å². The van der Waals surface area contributed by atoms with Crippen LogP contribution in [0.5, 0.6) is 0 Å². The first-order valence-corrected chi connectivity index (χ1v) is 11.0. The standard InChI is InChI=1S/C21H20F3N3O2S/c1-2-30(28,29)27-19-7-3-5-17-18(13-26-20(17)19)16(6-4-12-25)14-8-10-15(11-9-14)21(22,23)24/h3,5,7-11,13,16,26-27H,2,4,6H2,1H3. The van der Waals surface area contributed by atoms with Gasteiger partial charge in [0.2, 0.25) is 10.0 Å². The molecule has 0 saturated heterocycles. The Morgan fingerprint density at radius 2 is 1.87 bits per heavy atom. The van der Waals surface area contributed by atoms with Crippen LogP contribution in [0.3, 0.4) is 0 Å². The van der Waals surface area contributed by atoms with Crippen LogP contribution < -0.4 is 4.72 Å². The third-order valence-electron chi connectivity index (χ3n) is 4.95. The lowest BCUT2D eigenvalue weighted by molar-refractivity contribution is -0.137. The maximum Gasteiger partial charge on any atom is 0.416 e. The number of anilines is 1. The number of fused-ring (bicyclic) bond motifs is 1. The van der Waals surface area contributed by atoms with E-state index in [0.717, 1.165) is 23.1 Å². The van der Waals surface area contributed by atoms with Gasteiger partial charge in [-0.15, -0.1) is 0 Å². The Bertz CT molecular complexity index is 1180. The number of aromatic amines is 1. The van der Waals surface area contributed by atoms with Crippen LogP contribution in [0.1, 0.15) is 42.4 Å². The highest BCUT2D eigenvalue weighted by atomic mass is 32.2. The molecule has 0 amide bonds. The molecule has 1 atom stereocenters. The molecule has 0 aliphatic carbocycles. The zero-order valence-electron chi connectivity index (χ0n) is 16.1. The van der Waals surface area contributed by atoms with Crippen molar-refractivity contribution >= 4 is 26.6 Å². The van der Waals surface area contributed by atoms with Gasteiger partial charge in [-0.05, 0) is 42.7 Å². The minimum Gasteiger partial charge on any atom is -0.359 e. The number of nitrogens with one attached hydrogen (secondary N) is 2. The van der Waals surface area contributed by atoms with E-state index in [-0.39, 0.29) is 18.1 Å². The molecule has 3 aromatic rings. The van der Waals surface area contributed by atoms with Gasteiger partial charge in [0.15, 0.2) is 0 Å². The number of rotatable bonds is 7. The molecule has 1 unspecified atom stereocenters. The normalized spacial score (nSPS) is 13.2. The number of nitrogens with zero attached hydrogens (tertiary/aromatic N) is 1. The summed E-state index contributed by atoms with van der Waals surface area (Å²) in [6.07, 6.45) is -2.07. The van der Waals surface area contributed by atoms with Crippen LogP contribution in [0.15, 0.2) is 48.7 Å². The molecular formula is C21H20F3N3O2S. The first kappa shape index (κ1) is 21.7. The molecule has 1 aromatic heterocycles. The predicted molar refractivity (Wildman–Crippen MR) is 110 cm³/mol. The minimum absolute atomic E-state index is 0.0761. The Labute approximate surface area is 172 Å². The zero-order valence-corrected chi connectivity index (χ0v) is 16.9. The number of nitriles is 1. The minimum atomic E-state index is -4.42. The average Bonchev–Trinajstić information content (AvgIpc) is 3.13. The molecular weight excluding hydrogens is 415 g/mol. The third-order valence-corrected chi connectivity index (χ3v) is 6.24. The first-order chi connectivity index (χ1) is 14.2. The maximum absolute atomic E-state index is 12.9. The van der Waals surface area contributed by atoms with Crippen LogP contribution in [0.2, 0.25) is 0 Å². The van der Waals surface area contributed by atoms with Crippen molar-refractivity contribution in [3.63, 3.8) is 0 Å². The molecule has 0 radical (unpaired) electrons. The lowest BCUT2D eigenvalue weighted by atomic mass is 9.87. The molecule has 5 nitrogen and oxygen atoms in total. The quantitative estimate of drug-likeness (QED) is 0.522. The molecule has 3 rings (SSSR count). The Morgan fingerprint density at radius 3 is 2.47 bits per heavy atom. The number of halogens is 3. The lowest BCUT2D eigenvalue weighted by Gasteiger charge is -2.17. The van der Waals surface area contributed by atoms with E-state index in [2.05, 4.69) is 15.8 Å². The van der Waals surface area contributed by atoms with Gasteiger partial charge in [0.05, 0.1) is 28.6 Å². The number of hydrogen-bond acceptors (Lipinski definition) is 3. The molecule has 1 heterocycles. The van der Waals surface area contributed by atoms with Gasteiger partial charge in [0, 0.05) is 23.9 Å². The van der Waals surface area contributed by atoms with Gasteiger partial charge >= 0.3 is 6.18 Å². The second kappa shape index (κ2) is 8.40. The predicted octanol–water partition coefficient (Wildman–Crippen LogP) is 5.38. The average molecular weight is 435 g/mol. The summed E-state index contributed by atoms with van der Waals surface area (Å²) in [7, 11) is -3.48. The lowest BCUT2D eigenvalue weighted by Crippen LogP contribution is -2.14. The number of H-pyrrole nitrogens is 1. The highest BCUT2D eigenvalue weighted by Crippen LogP contribution is 2.38. The summed E-state index contributed by atoms with van der Waals surface area (Å²) in [5.41, 5.74) is 1.68. The summed E-state index contributed by atoms with van der Waals surface area (Å²) >= 11 is 0. The Morgan fingerprint density at radius 1 is 1.17 bits per heavy atom. The van der Waals surface area contributed by atoms with E-state index in [0.29, 0.717) is 23.2 Å². The van der Waals surface area contributed by atoms with E-state index < -0.39 is 21.8 Å². The highest BCUT2D eigenvalue weighted by Gasteiger charge is 2.30. The van der Waals surface area contributed by atoms with Gasteiger partial charge in [-0.25, -0.2) is 8.42 Å². The summed E-state index contributed by atoms with van der Waals surface area (Å²) in [6.45, 7) is 1.53. The highest BCUT2D eigenvalue weighted by molar-refractivity contribution is 7.92. The van der Waals surface area contributed by atoms with Crippen molar-refractivity contribution in [3.05, 3.63) is 65.4 Å². The smallest absolute Gasteiger partial charge is 0.359 e. The van der Waals surface area contributed by atoms with E-state index in [1.165, 1.54) is 19.1 Å². The number of para-hydroxylation sites is 1. The number of hydrogen-bond donors (Lipinski definition) is 2. The van der Waals surface area contributed by atoms with Gasteiger partial charge in [0.25, 0.3) is 0 Å². The Balaban J connectivity index is 2.06. The molecule has 0 aliphatic rings. The van der Waals surface area contributed by atoms with Gasteiger partial charge in [-0.2, -0.15) is 18.4 Å². The molecule has 2 aromatic carbocycles. The Kier molecular flexibility index (Phi) is 6.08. The summed E-state index contributed by atoms with van der Waals surface area (Å²) in [5.74, 6) is -0.397. The summed E-state index contributed by atoms with van der Waals surface area (Å²) in [5, 5.41) is 9.78. The van der Waals surface area contributed by atoms with E-state index in [4.69, 9.17) is 5.26 Å². The number of sulfonamides is 1. The molecule has 0 aliphatic heterocycles.